The first-order valence-electron chi connectivity index (χ1n) is 13.8. The first-order valence-corrected chi connectivity index (χ1v) is 13.8. The molecule has 2 aromatic carbocycles. The molecule has 0 N–H and O–H groups in total. The molecule has 0 radical (unpaired) electrons. The fourth-order valence-electron chi connectivity index (χ4n) is 4.95. The first kappa shape index (κ1) is 28.8. The van der Waals surface area contributed by atoms with Crippen LogP contribution in [-0.4, -0.2) is 85.4 Å². The molecule has 0 bridgehead atoms. The normalized spacial score (nSPS) is 18.1. The molecule has 0 spiro atoms. The number of hydrogen-bond acceptors (Lipinski definition) is 6. The van der Waals surface area contributed by atoms with Crippen LogP contribution in [0.15, 0.2) is 53.6 Å². The van der Waals surface area contributed by atoms with Crippen LogP contribution in [0, 0.1) is 12.3 Å². The molecule has 1 atom stereocenters. The van der Waals surface area contributed by atoms with E-state index in [4.69, 9.17) is 14.6 Å². The van der Waals surface area contributed by atoms with Gasteiger partial charge in [-0.15, -0.1) is 0 Å². The highest BCUT2D eigenvalue weighted by Crippen LogP contribution is 2.34. The van der Waals surface area contributed by atoms with Crippen LogP contribution in [0.1, 0.15) is 56.3 Å². The van der Waals surface area contributed by atoms with Crippen LogP contribution in [-0.2, 0) is 14.3 Å². The summed E-state index contributed by atoms with van der Waals surface area (Å²) >= 11 is 0. The summed E-state index contributed by atoms with van der Waals surface area (Å²) in [6, 6.07) is 15.8. The molecule has 1 fully saturated rings. The Kier molecular flexibility index (Phi) is 9.40. The van der Waals surface area contributed by atoms with Gasteiger partial charge in [0, 0.05) is 44.6 Å². The highest BCUT2D eigenvalue weighted by molar-refractivity contribution is 6.03. The molecule has 0 aromatic heterocycles. The molecule has 2 aliphatic rings. The number of hydrogen-bond donors (Lipinski definition) is 0. The predicted molar refractivity (Wildman–Crippen MR) is 153 cm³/mol. The van der Waals surface area contributed by atoms with Gasteiger partial charge in [0.2, 0.25) is 5.91 Å². The monoisotopic (exact) mass is 534 g/mol. The van der Waals surface area contributed by atoms with Crippen molar-refractivity contribution in [3.8, 4) is 5.75 Å². The fraction of sp³-hybridized carbons (Fsp3) is 0.516. The third kappa shape index (κ3) is 7.90. The number of nitrogens with zero attached hydrogens (tertiary/aromatic N) is 4. The summed E-state index contributed by atoms with van der Waals surface area (Å²) in [5.74, 6) is 0.559. The Labute approximate surface area is 232 Å². The van der Waals surface area contributed by atoms with Gasteiger partial charge in [-0.1, -0.05) is 62.7 Å². The lowest BCUT2D eigenvalue weighted by atomic mass is 9.91. The van der Waals surface area contributed by atoms with E-state index in [0.717, 1.165) is 41.2 Å². The molecule has 0 saturated carbocycles. The van der Waals surface area contributed by atoms with Gasteiger partial charge < -0.3 is 14.4 Å². The average Bonchev–Trinajstić information content (AvgIpc) is 3.37. The summed E-state index contributed by atoms with van der Waals surface area (Å²) in [5.41, 5.74) is 3.76. The molecule has 0 aliphatic carbocycles. The predicted octanol–water partition coefficient (Wildman–Crippen LogP) is 4.28. The zero-order valence-corrected chi connectivity index (χ0v) is 24.0. The number of carbonyl (C=O) groups excluding carboxylic acids is 2. The molecule has 0 unspecified atom stereocenters. The SMILES string of the molecule is COc1cccc(C2=NN(C(=O)CN(CCN3CCOCC3)C(=O)CC(C)(C)C)[C@@H](c3ccc(C)cc3)C2)c1. The van der Waals surface area contributed by atoms with Crippen LogP contribution >= 0.6 is 0 Å². The lowest BCUT2D eigenvalue weighted by Crippen LogP contribution is -2.47. The Bertz CT molecular complexity index is 1170. The summed E-state index contributed by atoms with van der Waals surface area (Å²) in [4.78, 5) is 31.3. The van der Waals surface area contributed by atoms with E-state index in [1.54, 1.807) is 17.0 Å². The molecule has 2 aliphatic heterocycles. The van der Waals surface area contributed by atoms with Crippen LogP contribution in [0.3, 0.4) is 0 Å². The van der Waals surface area contributed by atoms with Gasteiger partial charge in [0.25, 0.3) is 5.91 Å². The van der Waals surface area contributed by atoms with E-state index < -0.39 is 0 Å². The third-order valence-corrected chi connectivity index (χ3v) is 7.18. The van der Waals surface area contributed by atoms with Crippen molar-refractivity contribution in [1.82, 2.24) is 14.8 Å². The number of hydrazone groups is 1. The highest BCUT2D eigenvalue weighted by Gasteiger charge is 2.35. The van der Waals surface area contributed by atoms with Gasteiger partial charge in [0.1, 0.15) is 12.3 Å². The third-order valence-electron chi connectivity index (χ3n) is 7.18. The highest BCUT2D eigenvalue weighted by atomic mass is 16.5. The minimum absolute atomic E-state index is 0.00347. The number of ether oxygens (including phenoxy) is 2. The number of amides is 2. The van der Waals surface area contributed by atoms with Crippen molar-refractivity contribution in [3.63, 3.8) is 0 Å². The quantitative estimate of drug-likeness (QED) is 0.480. The van der Waals surface area contributed by atoms with E-state index in [9.17, 15) is 9.59 Å². The van der Waals surface area contributed by atoms with Gasteiger partial charge in [0.15, 0.2) is 0 Å². The number of benzene rings is 2. The van der Waals surface area contributed by atoms with Gasteiger partial charge in [-0.25, -0.2) is 5.01 Å². The largest absolute Gasteiger partial charge is 0.497 e. The van der Waals surface area contributed by atoms with Gasteiger partial charge in [-0.05, 0) is 30.0 Å². The van der Waals surface area contributed by atoms with Gasteiger partial charge in [-0.3, -0.25) is 14.5 Å². The van der Waals surface area contributed by atoms with Crippen molar-refractivity contribution in [2.75, 3.05) is 53.0 Å². The Morgan fingerprint density at radius 3 is 2.49 bits per heavy atom. The maximum absolute atomic E-state index is 13.9. The van der Waals surface area contributed by atoms with Gasteiger partial charge in [0.05, 0.1) is 32.1 Å². The number of aryl methyl sites for hydroxylation is 1. The average molecular weight is 535 g/mol. The van der Waals surface area contributed by atoms with Crippen LogP contribution in [0.25, 0.3) is 0 Å². The number of rotatable bonds is 9. The molecular weight excluding hydrogens is 492 g/mol. The van der Waals surface area contributed by atoms with Gasteiger partial charge in [-0.2, -0.15) is 5.10 Å². The lowest BCUT2D eigenvalue weighted by Gasteiger charge is -2.32. The molecule has 210 valence electrons. The summed E-state index contributed by atoms with van der Waals surface area (Å²) in [6.07, 6.45) is 0.967. The maximum Gasteiger partial charge on any atom is 0.262 e. The van der Waals surface area contributed by atoms with Crippen molar-refractivity contribution in [2.45, 2.75) is 46.6 Å². The van der Waals surface area contributed by atoms with E-state index >= 15 is 0 Å². The van der Waals surface area contributed by atoms with E-state index in [-0.39, 0.29) is 29.8 Å². The summed E-state index contributed by atoms with van der Waals surface area (Å²) in [6.45, 7) is 12.5. The Hall–Kier alpha value is -3.23. The van der Waals surface area contributed by atoms with Crippen LogP contribution < -0.4 is 4.74 Å². The van der Waals surface area contributed by atoms with Gasteiger partial charge >= 0.3 is 0 Å². The second-order valence-corrected chi connectivity index (χ2v) is 11.7. The fourth-order valence-corrected chi connectivity index (χ4v) is 4.95. The standard InChI is InChI=1S/C31H42N4O4/c1-23-9-11-24(12-10-23)28-20-27(25-7-6-8-26(19-25)38-5)32-35(28)30(37)22-34(29(36)21-31(2,3)4)14-13-33-15-17-39-18-16-33/h6-12,19,28H,13-18,20-22H2,1-5H3/t28-/m1/s1. The second-order valence-electron chi connectivity index (χ2n) is 11.7. The van der Waals surface area contributed by atoms with E-state index in [1.807, 2.05) is 52.0 Å². The summed E-state index contributed by atoms with van der Waals surface area (Å²) in [5, 5.41) is 6.42. The molecule has 1 saturated heterocycles. The number of carbonyl (C=O) groups is 2. The van der Waals surface area contributed by atoms with Crippen molar-refractivity contribution in [1.29, 1.82) is 0 Å². The van der Waals surface area contributed by atoms with Crippen molar-refractivity contribution in [2.24, 2.45) is 10.5 Å². The second kappa shape index (κ2) is 12.7. The number of morpholine rings is 1. The molecule has 2 aromatic rings. The van der Waals surface area contributed by atoms with E-state index in [2.05, 4.69) is 29.2 Å². The zero-order valence-electron chi connectivity index (χ0n) is 24.0. The minimum atomic E-state index is -0.238. The molecule has 39 heavy (non-hydrogen) atoms. The van der Waals surface area contributed by atoms with E-state index in [0.29, 0.717) is 39.1 Å². The molecule has 2 amide bonds. The number of methoxy groups -OCH3 is 1. The summed E-state index contributed by atoms with van der Waals surface area (Å²) < 4.78 is 10.9. The first-order chi connectivity index (χ1) is 18.6. The van der Waals surface area contributed by atoms with Crippen molar-refractivity contribution >= 4 is 17.5 Å². The molecule has 8 heteroatoms. The topological polar surface area (TPSA) is 74.7 Å². The minimum Gasteiger partial charge on any atom is -0.497 e. The zero-order chi connectivity index (χ0) is 28.0. The Morgan fingerprint density at radius 2 is 1.82 bits per heavy atom. The Morgan fingerprint density at radius 1 is 1.10 bits per heavy atom. The smallest absolute Gasteiger partial charge is 0.262 e. The van der Waals surface area contributed by atoms with Crippen molar-refractivity contribution in [3.05, 3.63) is 65.2 Å². The van der Waals surface area contributed by atoms with Crippen molar-refractivity contribution < 1.29 is 19.1 Å². The Balaban J connectivity index is 1.58. The van der Waals surface area contributed by atoms with Crippen LogP contribution in [0.5, 0.6) is 5.75 Å². The molecular formula is C31H42N4O4. The maximum atomic E-state index is 13.9. The van der Waals surface area contributed by atoms with Crippen LogP contribution in [0.4, 0.5) is 0 Å². The molecule has 8 nitrogen and oxygen atoms in total. The molecule has 2 heterocycles. The van der Waals surface area contributed by atoms with Crippen LogP contribution in [0.2, 0.25) is 0 Å². The molecule has 4 rings (SSSR count). The summed E-state index contributed by atoms with van der Waals surface area (Å²) in [7, 11) is 1.64. The van der Waals surface area contributed by atoms with E-state index in [1.165, 1.54) is 0 Å². The lowest BCUT2D eigenvalue weighted by molar-refractivity contribution is -0.142.